The first-order valence-corrected chi connectivity index (χ1v) is 23.7. The lowest BCUT2D eigenvalue weighted by molar-refractivity contribution is -0.870. The topological polar surface area (TPSA) is 108 Å². The number of carbonyl (C=O) groups is 1. The number of likely N-dealkylation sites (N-methyl/N-ethyl adjacent to an activating group) is 1. The molecule has 330 valence electrons. The molecule has 0 bridgehead atoms. The number of rotatable bonds is 38. The summed E-state index contributed by atoms with van der Waals surface area (Å²) >= 11 is 0. The van der Waals surface area contributed by atoms with Crippen LogP contribution in [0.4, 0.5) is 0 Å². The lowest BCUT2D eigenvalue weighted by Gasteiger charge is -2.29. The number of hydrogen-bond acceptors (Lipinski definition) is 6. The average Bonchev–Trinajstić information content (AvgIpc) is 3.17. The Hall–Kier alpha value is -2.84. The van der Waals surface area contributed by atoms with Crippen LogP contribution in [0.5, 0.6) is 0 Å². The summed E-state index contributed by atoms with van der Waals surface area (Å²) in [7, 11) is 1.18. The summed E-state index contributed by atoms with van der Waals surface area (Å²) < 4.78 is 23.1. The van der Waals surface area contributed by atoms with Gasteiger partial charge in [-0.2, -0.15) is 0 Å². The van der Waals surface area contributed by atoms with Gasteiger partial charge in [0, 0.05) is 6.42 Å². The van der Waals surface area contributed by atoms with Crippen LogP contribution in [0.3, 0.4) is 0 Å². The Kier molecular flexibility index (Phi) is 37.7. The van der Waals surface area contributed by atoms with Crippen molar-refractivity contribution in [2.24, 2.45) is 0 Å². The molecule has 8 nitrogen and oxygen atoms in total. The SMILES string of the molecule is CC/C=C\C/C=C\C/C=C\C/C=C\C/C=C\C/C=C\C/C=C\CCCC(=O)NC(COP(=O)([O-])OCC[N+](C)(C)C)C(O)/C=C/CC/C=C/CCCCCCCCC. The van der Waals surface area contributed by atoms with Gasteiger partial charge in [0.05, 0.1) is 39.9 Å². The zero-order valence-corrected chi connectivity index (χ0v) is 38.1. The molecule has 0 aromatic carbocycles. The number of phosphoric acid groups is 1. The van der Waals surface area contributed by atoms with E-state index in [0.717, 1.165) is 70.6 Å². The van der Waals surface area contributed by atoms with E-state index in [9.17, 15) is 19.4 Å². The fourth-order valence-corrected chi connectivity index (χ4v) is 6.17. The summed E-state index contributed by atoms with van der Waals surface area (Å²) in [6, 6.07) is -0.940. The maximum atomic E-state index is 12.8. The molecule has 0 fully saturated rings. The molecule has 9 heteroatoms. The van der Waals surface area contributed by atoms with Crippen molar-refractivity contribution in [2.75, 3.05) is 40.9 Å². The molecule has 0 rings (SSSR count). The van der Waals surface area contributed by atoms with Gasteiger partial charge >= 0.3 is 0 Å². The minimum Gasteiger partial charge on any atom is -0.756 e. The Labute approximate surface area is 355 Å². The van der Waals surface area contributed by atoms with E-state index in [1.807, 2.05) is 27.2 Å². The van der Waals surface area contributed by atoms with Gasteiger partial charge in [-0.25, -0.2) is 0 Å². The lowest BCUT2D eigenvalue weighted by Crippen LogP contribution is -2.45. The second-order valence-corrected chi connectivity index (χ2v) is 17.1. The number of unbranched alkanes of at least 4 members (excludes halogenated alkanes) is 9. The Balaban J connectivity index is 4.57. The Bertz CT molecular complexity index is 1300. The van der Waals surface area contributed by atoms with Crippen LogP contribution in [0.2, 0.25) is 0 Å². The maximum Gasteiger partial charge on any atom is 0.268 e. The van der Waals surface area contributed by atoms with E-state index in [1.54, 1.807) is 6.08 Å². The predicted octanol–water partition coefficient (Wildman–Crippen LogP) is 11.9. The number of phosphoric ester groups is 1. The summed E-state index contributed by atoms with van der Waals surface area (Å²) in [4.78, 5) is 25.3. The number of aliphatic hydroxyl groups excluding tert-OH is 1. The van der Waals surface area contributed by atoms with Gasteiger partial charge < -0.3 is 28.8 Å². The van der Waals surface area contributed by atoms with Gasteiger partial charge in [-0.3, -0.25) is 9.36 Å². The second kappa shape index (κ2) is 39.6. The van der Waals surface area contributed by atoms with Crippen LogP contribution >= 0.6 is 7.82 Å². The van der Waals surface area contributed by atoms with E-state index >= 15 is 0 Å². The van der Waals surface area contributed by atoms with E-state index in [1.165, 1.54) is 44.9 Å². The highest BCUT2D eigenvalue weighted by molar-refractivity contribution is 7.45. The first-order chi connectivity index (χ1) is 28.0. The summed E-state index contributed by atoms with van der Waals surface area (Å²) in [5.41, 5.74) is 0. The minimum absolute atomic E-state index is 0.0240. The molecule has 0 aromatic rings. The van der Waals surface area contributed by atoms with Crippen LogP contribution in [0.25, 0.3) is 0 Å². The van der Waals surface area contributed by atoms with E-state index in [2.05, 4.69) is 116 Å². The van der Waals surface area contributed by atoms with E-state index < -0.39 is 26.6 Å². The van der Waals surface area contributed by atoms with Crippen molar-refractivity contribution in [2.45, 2.75) is 154 Å². The standard InChI is InChI=1S/C49H83N2O6P/c1-6-8-10-12-14-16-18-20-21-22-23-24-25-26-27-28-29-31-33-35-37-39-41-43-49(53)50-47(46-57-58(54,55)56-45-44-51(3,4)5)48(52)42-40-38-36-34-32-30-19-17-15-13-11-9-7-2/h8,10,14,16,20-21,23-24,26-27,29,31-32,34-35,37,40,42,47-48,52H,6-7,9,11-13,15,17-19,22,25,28,30,33,36,38-39,41,43-46H2,1-5H3,(H-,50,53,54,55)/b10-8-,16-14-,21-20-,24-23-,27-26-,31-29-,34-32+,37-35-,42-40+. The molecule has 0 saturated carbocycles. The predicted molar refractivity (Wildman–Crippen MR) is 246 cm³/mol. The lowest BCUT2D eigenvalue weighted by atomic mass is 10.1. The summed E-state index contributed by atoms with van der Waals surface area (Å²) in [5.74, 6) is -0.272. The number of aliphatic hydroxyl groups is 1. The molecule has 0 aromatic heterocycles. The fourth-order valence-electron chi connectivity index (χ4n) is 5.45. The molecule has 58 heavy (non-hydrogen) atoms. The van der Waals surface area contributed by atoms with E-state index in [4.69, 9.17) is 9.05 Å². The Morgan fingerprint density at radius 2 is 1.07 bits per heavy atom. The number of amides is 1. The van der Waals surface area contributed by atoms with Crippen molar-refractivity contribution < 1.29 is 32.9 Å². The third kappa shape index (κ3) is 41.3. The number of carbonyl (C=O) groups excluding carboxylic acids is 1. The molecule has 0 heterocycles. The second-order valence-electron chi connectivity index (χ2n) is 15.7. The van der Waals surface area contributed by atoms with Gasteiger partial charge in [-0.1, -0.05) is 162 Å². The summed E-state index contributed by atoms with van der Waals surface area (Å²) in [6.45, 7) is 4.42. The quantitative estimate of drug-likeness (QED) is 0.0278. The van der Waals surface area contributed by atoms with Crippen molar-refractivity contribution in [3.8, 4) is 0 Å². The Morgan fingerprint density at radius 1 is 0.621 bits per heavy atom. The molecular formula is C49H83N2O6P. The van der Waals surface area contributed by atoms with Gasteiger partial charge in [0.1, 0.15) is 13.2 Å². The number of nitrogens with zero attached hydrogens (tertiary/aromatic N) is 1. The van der Waals surface area contributed by atoms with Crippen molar-refractivity contribution in [1.82, 2.24) is 5.32 Å². The highest BCUT2D eigenvalue weighted by atomic mass is 31.2. The van der Waals surface area contributed by atoms with Crippen LogP contribution in [0.15, 0.2) is 109 Å². The molecule has 0 aliphatic carbocycles. The number of allylic oxidation sites excluding steroid dienone is 17. The molecule has 3 unspecified atom stereocenters. The molecule has 3 atom stereocenters. The molecule has 0 saturated heterocycles. The van der Waals surface area contributed by atoms with E-state index in [-0.39, 0.29) is 18.9 Å². The molecule has 0 aliphatic rings. The molecule has 2 N–H and O–H groups in total. The zero-order chi connectivity index (χ0) is 42.8. The molecule has 0 spiro atoms. The van der Waals surface area contributed by atoms with Crippen molar-refractivity contribution >= 4 is 13.7 Å². The van der Waals surface area contributed by atoms with Crippen LogP contribution in [0, 0.1) is 0 Å². The van der Waals surface area contributed by atoms with Gasteiger partial charge in [-0.15, -0.1) is 0 Å². The molecule has 0 aliphatic heterocycles. The molecule has 1 amide bonds. The fraction of sp³-hybridized carbons (Fsp3) is 0.612. The normalized spacial score (nSPS) is 15.4. The van der Waals surface area contributed by atoms with Crippen molar-refractivity contribution in [1.29, 1.82) is 0 Å². The van der Waals surface area contributed by atoms with Gasteiger partial charge in [0.25, 0.3) is 7.82 Å². The summed E-state index contributed by atoms with van der Waals surface area (Å²) in [5, 5.41) is 13.7. The largest absolute Gasteiger partial charge is 0.756 e. The average molecular weight is 827 g/mol. The van der Waals surface area contributed by atoms with Gasteiger partial charge in [0.15, 0.2) is 0 Å². The van der Waals surface area contributed by atoms with Gasteiger partial charge in [0.2, 0.25) is 5.91 Å². The first kappa shape index (κ1) is 55.2. The van der Waals surface area contributed by atoms with E-state index in [0.29, 0.717) is 17.4 Å². The van der Waals surface area contributed by atoms with Crippen LogP contribution in [-0.4, -0.2) is 68.5 Å². The highest BCUT2D eigenvalue weighted by Gasteiger charge is 2.23. The van der Waals surface area contributed by atoms with Crippen LogP contribution < -0.4 is 10.2 Å². The molecular weight excluding hydrogens is 744 g/mol. The number of hydrogen-bond donors (Lipinski definition) is 2. The van der Waals surface area contributed by atoms with Crippen molar-refractivity contribution in [3.05, 3.63) is 109 Å². The zero-order valence-electron chi connectivity index (χ0n) is 37.2. The van der Waals surface area contributed by atoms with Crippen molar-refractivity contribution in [3.63, 3.8) is 0 Å². The summed E-state index contributed by atoms with van der Waals surface area (Å²) in [6.07, 6.45) is 57.2. The smallest absolute Gasteiger partial charge is 0.268 e. The maximum absolute atomic E-state index is 12.8. The number of nitrogens with one attached hydrogen (secondary N) is 1. The van der Waals surface area contributed by atoms with Gasteiger partial charge in [-0.05, 0) is 83.5 Å². The van der Waals surface area contributed by atoms with Crippen LogP contribution in [-0.2, 0) is 18.4 Å². The first-order valence-electron chi connectivity index (χ1n) is 22.2. The Morgan fingerprint density at radius 3 is 1.60 bits per heavy atom. The third-order valence-corrected chi connectivity index (χ3v) is 9.93. The monoisotopic (exact) mass is 827 g/mol. The van der Waals surface area contributed by atoms with Crippen LogP contribution in [0.1, 0.15) is 142 Å². The number of quaternary nitrogens is 1. The third-order valence-electron chi connectivity index (χ3n) is 8.97. The highest BCUT2D eigenvalue weighted by Crippen LogP contribution is 2.38. The molecule has 0 radical (unpaired) electrons. The minimum atomic E-state index is -4.62.